The number of pyridine rings is 1. The van der Waals surface area contributed by atoms with Gasteiger partial charge in [-0.05, 0) is 43.0 Å². The van der Waals surface area contributed by atoms with Crippen molar-refractivity contribution < 1.29 is 9.53 Å². The van der Waals surface area contributed by atoms with E-state index in [1.807, 2.05) is 36.4 Å². The zero-order chi connectivity index (χ0) is 20.8. The highest BCUT2D eigenvalue weighted by Crippen LogP contribution is 2.30. The Morgan fingerprint density at radius 3 is 2.80 bits per heavy atom. The minimum atomic E-state index is -0.0947. The molecule has 0 aliphatic carbocycles. The summed E-state index contributed by atoms with van der Waals surface area (Å²) in [6.07, 6.45) is 6.18. The molecule has 1 aliphatic heterocycles. The zero-order valence-electron chi connectivity index (χ0n) is 17.3. The first-order chi connectivity index (χ1) is 14.7. The number of anilines is 1. The number of benzene rings is 1. The Bertz CT molecular complexity index is 995. The second-order valence-electron chi connectivity index (χ2n) is 7.55. The van der Waals surface area contributed by atoms with Crippen molar-refractivity contribution in [1.82, 2.24) is 20.3 Å². The number of piperidine rings is 1. The third-order valence-corrected chi connectivity index (χ3v) is 5.25. The van der Waals surface area contributed by atoms with Crippen molar-refractivity contribution in [2.75, 3.05) is 24.6 Å². The van der Waals surface area contributed by atoms with E-state index in [0.29, 0.717) is 25.6 Å². The largest absolute Gasteiger partial charge is 0.475 e. The molecule has 2 aromatic heterocycles. The number of hydrogen-bond acceptors (Lipinski definition) is 6. The molecular formula is C23H27N5O2. The van der Waals surface area contributed by atoms with Gasteiger partial charge in [-0.15, -0.1) is 0 Å². The molecule has 1 N–H and O–H groups in total. The predicted molar refractivity (Wildman–Crippen MR) is 116 cm³/mol. The van der Waals surface area contributed by atoms with Crippen LogP contribution in [0.4, 0.5) is 5.82 Å². The summed E-state index contributed by atoms with van der Waals surface area (Å²) in [7, 11) is 0. The van der Waals surface area contributed by atoms with E-state index in [2.05, 4.69) is 22.1 Å². The molecule has 1 aromatic carbocycles. The predicted octanol–water partition coefficient (Wildman–Crippen LogP) is 3.35. The number of carbonyl (C=O) groups excluding carboxylic acids is 1. The van der Waals surface area contributed by atoms with Gasteiger partial charge in [-0.1, -0.05) is 25.1 Å². The Kier molecular flexibility index (Phi) is 6.37. The molecular weight excluding hydrogens is 378 g/mol. The molecule has 0 bridgehead atoms. The number of rotatable bonds is 7. The van der Waals surface area contributed by atoms with Crippen LogP contribution in [0.3, 0.4) is 0 Å². The first-order valence-electron chi connectivity index (χ1n) is 10.6. The van der Waals surface area contributed by atoms with Crippen LogP contribution < -0.4 is 15.0 Å². The topological polar surface area (TPSA) is 80.2 Å². The van der Waals surface area contributed by atoms with E-state index in [4.69, 9.17) is 14.7 Å². The number of aromatic nitrogens is 3. The number of carbonyl (C=O) groups is 1. The van der Waals surface area contributed by atoms with Gasteiger partial charge in [-0.25, -0.2) is 9.97 Å². The zero-order valence-corrected chi connectivity index (χ0v) is 17.3. The summed E-state index contributed by atoms with van der Waals surface area (Å²) in [5, 5.41) is 3.05. The summed E-state index contributed by atoms with van der Waals surface area (Å²) < 4.78 is 5.93. The number of nitrogens with one attached hydrogen (secondary N) is 1. The van der Waals surface area contributed by atoms with Crippen molar-refractivity contribution in [3.05, 3.63) is 54.4 Å². The van der Waals surface area contributed by atoms with E-state index < -0.39 is 0 Å². The average Bonchev–Trinajstić information content (AvgIpc) is 2.81. The van der Waals surface area contributed by atoms with Crippen LogP contribution in [0, 0.1) is 5.92 Å². The van der Waals surface area contributed by atoms with Gasteiger partial charge < -0.3 is 15.0 Å². The van der Waals surface area contributed by atoms with Gasteiger partial charge >= 0.3 is 0 Å². The molecule has 7 heteroatoms. The molecule has 1 aliphatic rings. The van der Waals surface area contributed by atoms with E-state index in [1.165, 1.54) is 0 Å². The number of nitrogens with zero attached hydrogens (tertiary/aromatic N) is 4. The molecule has 0 saturated carbocycles. The molecule has 1 unspecified atom stereocenters. The van der Waals surface area contributed by atoms with Gasteiger partial charge in [0.15, 0.2) is 5.82 Å². The summed E-state index contributed by atoms with van der Waals surface area (Å²) in [5.41, 5.74) is 2.64. The standard InChI is InChI=1S/C23H27N5O2/c1-2-13-30-23-21(26-19-9-3-4-10-20(19)27-23)28-12-6-8-18(16-28)22(29)25-15-17-7-5-11-24-14-17/h3-5,7,9-11,14,18H,2,6,8,12-13,15-16H2,1H3,(H,25,29). The third-order valence-electron chi connectivity index (χ3n) is 5.25. The van der Waals surface area contributed by atoms with E-state index in [1.54, 1.807) is 12.4 Å². The van der Waals surface area contributed by atoms with Crippen LogP contribution in [0.2, 0.25) is 0 Å². The van der Waals surface area contributed by atoms with Gasteiger partial charge in [-0.3, -0.25) is 9.78 Å². The summed E-state index contributed by atoms with van der Waals surface area (Å²) in [4.78, 5) is 28.6. The fraction of sp³-hybridized carbons (Fsp3) is 0.391. The Hall–Kier alpha value is -3.22. The molecule has 1 saturated heterocycles. The van der Waals surface area contributed by atoms with Crippen molar-refractivity contribution in [3.63, 3.8) is 0 Å². The van der Waals surface area contributed by atoms with Crippen LogP contribution in [0.25, 0.3) is 11.0 Å². The number of para-hydroxylation sites is 2. The lowest BCUT2D eigenvalue weighted by Crippen LogP contribution is -2.43. The molecule has 30 heavy (non-hydrogen) atoms. The number of ether oxygens (including phenoxy) is 1. The first kappa shape index (κ1) is 20.1. The quantitative estimate of drug-likeness (QED) is 0.649. The summed E-state index contributed by atoms with van der Waals surface area (Å²) in [6.45, 7) is 4.58. The fourth-order valence-corrected chi connectivity index (χ4v) is 3.70. The number of hydrogen-bond donors (Lipinski definition) is 1. The van der Waals surface area contributed by atoms with Crippen molar-refractivity contribution in [3.8, 4) is 5.88 Å². The minimum absolute atomic E-state index is 0.0633. The molecule has 4 rings (SSSR count). The van der Waals surface area contributed by atoms with Gasteiger partial charge in [0.25, 0.3) is 5.88 Å². The van der Waals surface area contributed by atoms with Gasteiger partial charge in [0.1, 0.15) is 0 Å². The molecule has 0 radical (unpaired) electrons. The van der Waals surface area contributed by atoms with E-state index >= 15 is 0 Å². The van der Waals surface area contributed by atoms with Gasteiger partial charge in [0, 0.05) is 32.0 Å². The van der Waals surface area contributed by atoms with Gasteiger partial charge in [0.05, 0.1) is 23.6 Å². The van der Waals surface area contributed by atoms with Gasteiger partial charge in [0.2, 0.25) is 5.91 Å². The highest BCUT2D eigenvalue weighted by molar-refractivity contribution is 5.80. The smallest absolute Gasteiger partial charge is 0.258 e. The van der Waals surface area contributed by atoms with Crippen LogP contribution in [0.15, 0.2) is 48.8 Å². The molecule has 1 fully saturated rings. The van der Waals surface area contributed by atoms with E-state index in [9.17, 15) is 4.79 Å². The number of amides is 1. The summed E-state index contributed by atoms with van der Waals surface area (Å²) >= 11 is 0. The molecule has 156 valence electrons. The second kappa shape index (κ2) is 9.52. The SMILES string of the molecule is CCCOc1nc2ccccc2nc1N1CCCC(C(=O)NCc2cccnc2)C1. The average molecular weight is 406 g/mol. The molecule has 3 heterocycles. The van der Waals surface area contributed by atoms with Crippen molar-refractivity contribution in [1.29, 1.82) is 0 Å². The molecule has 0 spiro atoms. The van der Waals surface area contributed by atoms with Crippen LogP contribution in [0.1, 0.15) is 31.7 Å². The molecule has 1 amide bonds. The maximum absolute atomic E-state index is 12.8. The maximum Gasteiger partial charge on any atom is 0.258 e. The Morgan fingerprint density at radius 1 is 1.20 bits per heavy atom. The van der Waals surface area contributed by atoms with E-state index in [-0.39, 0.29) is 11.8 Å². The second-order valence-corrected chi connectivity index (χ2v) is 7.55. The van der Waals surface area contributed by atoms with Crippen LogP contribution in [-0.2, 0) is 11.3 Å². The lowest BCUT2D eigenvalue weighted by molar-refractivity contribution is -0.125. The van der Waals surface area contributed by atoms with E-state index in [0.717, 1.165) is 48.2 Å². The van der Waals surface area contributed by atoms with Crippen LogP contribution in [-0.4, -0.2) is 40.6 Å². The molecule has 3 aromatic rings. The lowest BCUT2D eigenvalue weighted by atomic mass is 9.97. The first-order valence-corrected chi connectivity index (χ1v) is 10.6. The normalized spacial score (nSPS) is 16.4. The molecule has 7 nitrogen and oxygen atoms in total. The monoisotopic (exact) mass is 405 g/mol. The van der Waals surface area contributed by atoms with Crippen molar-refractivity contribution in [2.24, 2.45) is 5.92 Å². The van der Waals surface area contributed by atoms with Crippen molar-refractivity contribution >= 4 is 22.8 Å². The summed E-state index contributed by atoms with van der Waals surface area (Å²) in [6, 6.07) is 11.6. The van der Waals surface area contributed by atoms with Crippen molar-refractivity contribution in [2.45, 2.75) is 32.7 Å². The Morgan fingerprint density at radius 2 is 2.03 bits per heavy atom. The molecule has 1 atom stereocenters. The lowest BCUT2D eigenvalue weighted by Gasteiger charge is -2.33. The Balaban J connectivity index is 1.50. The summed E-state index contributed by atoms with van der Waals surface area (Å²) in [5.74, 6) is 1.25. The highest BCUT2D eigenvalue weighted by Gasteiger charge is 2.28. The maximum atomic E-state index is 12.8. The highest BCUT2D eigenvalue weighted by atomic mass is 16.5. The van der Waals surface area contributed by atoms with Crippen LogP contribution >= 0.6 is 0 Å². The third kappa shape index (κ3) is 4.67. The minimum Gasteiger partial charge on any atom is -0.475 e. The Labute approximate surface area is 176 Å². The van der Waals surface area contributed by atoms with Crippen LogP contribution in [0.5, 0.6) is 5.88 Å². The fourth-order valence-electron chi connectivity index (χ4n) is 3.70. The number of fused-ring (bicyclic) bond motifs is 1. The van der Waals surface area contributed by atoms with Gasteiger partial charge in [-0.2, -0.15) is 0 Å².